The SMILES string of the molecule is Cc1ccc(N2C[C@@H](C(=O)OCC(=O)[C@H](C#N)c3nc(C)cs3)CC2=O)cc1. The maximum Gasteiger partial charge on any atom is 0.311 e. The van der Waals surface area contributed by atoms with Gasteiger partial charge >= 0.3 is 5.97 Å². The normalized spacial score (nSPS) is 17.2. The average Bonchev–Trinajstić information content (AvgIpc) is 3.27. The second-order valence-corrected chi connectivity index (χ2v) is 7.59. The second kappa shape index (κ2) is 8.31. The number of nitriles is 1. The molecule has 1 aliphatic rings. The van der Waals surface area contributed by atoms with E-state index in [4.69, 9.17) is 4.74 Å². The number of carbonyl (C=O) groups excluding carboxylic acids is 3. The molecule has 7 nitrogen and oxygen atoms in total. The fraction of sp³-hybridized carbons (Fsp3) is 0.350. The molecule has 0 saturated carbocycles. The summed E-state index contributed by atoms with van der Waals surface area (Å²) in [7, 11) is 0. The number of Topliss-reactive ketones (excluding diaryl/α,β-unsaturated/α-hetero) is 1. The minimum atomic E-state index is -1.05. The molecule has 0 aliphatic carbocycles. The van der Waals surface area contributed by atoms with Gasteiger partial charge in [-0.15, -0.1) is 11.3 Å². The van der Waals surface area contributed by atoms with Gasteiger partial charge in [-0.25, -0.2) is 4.98 Å². The van der Waals surface area contributed by atoms with Crippen LogP contribution in [0.15, 0.2) is 29.6 Å². The number of benzene rings is 1. The third kappa shape index (κ3) is 4.26. The van der Waals surface area contributed by atoms with Crippen LogP contribution < -0.4 is 4.90 Å². The van der Waals surface area contributed by atoms with Crippen molar-refractivity contribution in [3.8, 4) is 6.07 Å². The molecule has 2 heterocycles. The highest BCUT2D eigenvalue weighted by Crippen LogP contribution is 2.26. The van der Waals surface area contributed by atoms with E-state index in [1.807, 2.05) is 37.3 Å². The Morgan fingerprint density at radius 2 is 2.07 bits per heavy atom. The fourth-order valence-electron chi connectivity index (χ4n) is 2.95. The minimum absolute atomic E-state index is 0.0360. The van der Waals surface area contributed by atoms with Gasteiger partial charge in [-0.2, -0.15) is 5.26 Å². The lowest BCUT2D eigenvalue weighted by Gasteiger charge is -2.16. The number of nitrogens with zero attached hydrogens (tertiary/aromatic N) is 3. The lowest BCUT2D eigenvalue weighted by Crippen LogP contribution is -2.27. The minimum Gasteiger partial charge on any atom is -0.457 e. The van der Waals surface area contributed by atoms with E-state index < -0.39 is 30.2 Å². The van der Waals surface area contributed by atoms with Crippen LogP contribution in [-0.4, -0.2) is 35.8 Å². The summed E-state index contributed by atoms with van der Waals surface area (Å²) in [5.74, 6) is -2.98. The summed E-state index contributed by atoms with van der Waals surface area (Å²) in [4.78, 5) is 42.6. The predicted octanol–water partition coefficient (Wildman–Crippen LogP) is 2.53. The quantitative estimate of drug-likeness (QED) is 0.695. The van der Waals surface area contributed by atoms with E-state index in [1.165, 1.54) is 11.3 Å². The highest BCUT2D eigenvalue weighted by atomic mass is 32.1. The number of aromatic nitrogens is 1. The Bertz CT molecular complexity index is 945. The summed E-state index contributed by atoms with van der Waals surface area (Å²) in [5.41, 5.74) is 2.53. The maximum absolute atomic E-state index is 12.3. The molecule has 2 aromatic rings. The Labute approximate surface area is 166 Å². The molecule has 0 bridgehead atoms. The van der Waals surface area contributed by atoms with Crippen LogP contribution in [0.1, 0.15) is 28.6 Å². The van der Waals surface area contributed by atoms with E-state index in [2.05, 4.69) is 4.98 Å². The number of aryl methyl sites for hydroxylation is 2. The third-order valence-electron chi connectivity index (χ3n) is 4.50. The first kappa shape index (κ1) is 19.7. The van der Waals surface area contributed by atoms with Gasteiger partial charge in [0.1, 0.15) is 5.01 Å². The van der Waals surface area contributed by atoms with Gasteiger partial charge in [-0.1, -0.05) is 17.7 Å². The number of hydrogen-bond acceptors (Lipinski definition) is 7. The van der Waals surface area contributed by atoms with Gasteiger partial charge in [-0.05, 0) is 26.0 Å². The Morgan fingerprint density at radius 3 is 2.68 bits per heavy atom. The smallest absolute Gasteiger partial charge is 0.311 e. The van der Waals surface area contributed by atoms with Gasteiger partial charge in [0.05, 0.1) is 12.0 Å². The number of rotatable bonds is 6. The Hall–Kier alpha value is -3.05. The first-order valence-corrected chi connectivity index (χ1v) is 9.65. The third-order valence-corrected chi connectivity index (χ3v) is 5.52. The van der Waals surface area contributed by atoms with Gasteiger partial charge in [-0.3, -0.25) is 14.4 Å². The first-order chi connectivity index (χ1) is 13.4. The largest absolute Gasteiger partial charge is 0.457 e. The summed E-state index contributed by atoms with van der Waals surface area (Å²) in [6.07, 6.45) is 0.0360. The lowest BCUT2D eigenvalue weighted by molar-refractivity contribution is -0.151. The Morgan fingerprint density at radius 1 is 1.36 bits per heavy atom. The zero-order valence-corrected chi connectivity index (χ0v) is 16.4. The van der Waals surface area contributed by atoms with Crippen molar-refractivity contribution in [3.05, 3.63) is 45.9 Å². The van der Waals surface area contributed by atoms with Gasteiger partial charge < -0.3 is 9.64 Å². The zero-order valence-electron chi connectivity index (χ0n) is 15.5. The fourth-order valence-corrected chi connectivity index (χ4v) is 3.81. The molecule has 144 valence electrons. The summed E-state index contributed by atoms with van der Waals surface area (Å²) < 4.78 is 5.11. The molecule has 0 spiro atoms. The van der Waals surface area contributed by atoms with E-state index in [9.17, 15) is 19.6 Å². The number of esters is 1. The van der Waals surface area contributed by atoms with E-state index in [1.54, 1.807) is 17.2 Å². The number of hydrogen-bond donors (Lipinski definition) is 0. The van der Waals surface area contributed by atoms with Crippen molar-refractivity contribution in [1.29, 1.82) is 5.26 Å². The molecule has 8 heteroatoms. The number of anilines is 1. The van der Waals surface area contributed by atoms with Crippen LogP contribution in [-0.2, 0) is 19.1 Å². The molecule has 1 fully saturated rings. The first-order valence-electron chi connectivity index (χ1n) is 8.77. The molecule has 1 aromatic heterocycles. The van der Waals surface area contributed by atoms with Crippen LogP contribution in [0.2, 0.25) is 0 Å². The van der Waals surface area contributed by atoms with Gasteiger partial charge in [0, 0.05) is 29.7 Å². The topological polar surface area (TPSA) is 100 Å². The van der Waals surface area contributed by atoms with Gasteiger partial charge in [0.25, 0.3) is 0 Å². The standard InChI is InChI=1S/C20H19N3O4S/c1-12-3-5-15(6-4-12)23-9-14(7-18(23)25)20(26)27-10-17(24)16(8-21)19-22-13(2)11-28-19/h3-6,11,14,16H,7,9-10H2,1-2H3/t14-,16-/m0/s1. The monoisotopic (exact) mass is 397 g/mol. The molecule has 1 aliphatic heterocycles. The van der Waals surface area contributed by atoms with Crippen molar-refractivity contribution in [1.82, 2.24) is 4.98 Å². The second-order valence-electron chi connectivity index (χ2n) is 6.70. The van der Waals surface area contributed by atoms with E-state index in [0.29, 0.717) is 5.01 Å². The highest BCUT2D eigenvalue weighted by molar-refractivity contribution is 7.09. The van der Waals surface area contributed by atoms with Crippen molar-refractivity contribution in [2.45, 2.75) is 26.2 Å². The van der Waals surface area contributed by atoms with Crippen molar-refractivity contribution >= 4 is 34.7 Å². The van der Waals surface area contributed by atoms with Gasteiger partial charge in [0.2, 0.25) is 5.91 Å². The predicted molar refractivity (Wildman–Crippen MR) is 103 cm³/mol. The maximum atomic E-state index is 12.3. The number of ketones is 1. The van der Waals surface area contributed by atoms with Crippen molar-refractivity contribution in [2.24, 2.45) is 5.92 Å². The number of amides is 1. The van der Waals surface area contributed by atoms with Crippen LogP contribution in [0.5, 0.6) is 0 Å². The van der Waals surface area contributed by atoms with E-state index in [0.717, 1.165) is 16.9 Å². The van der Waals surface area contributed by atoms with E-state index >= 15 is 0 Å². The molecule has 0 unspecified atom stereocenters. The van der Waals surface area contributed by atoms with Crippen molar-refractivity contribution in [2.75, 3.05) is 18.1 Å². The molecule has 1 aromatic carbocycles. The molecule has 2 atom stereocenters. The van der Waals surface area contributed by atoms with Crippen LogP contribution in [0.3, 0.4) is 0 Å². The van der Waals surface area contributed by atoms with Crippen LogP contribution >= 0.6 is 11.3 Å². The zero-order chi connectivity index (χ0) is 20.3. The molecule has 1 saturated heterocycles. The van der Waals surface area contributed by atoms with E-state index in [-0.39, 0.29) is 18.9 Å². The molecule has 0 radical (unpaired) electrons. The van der Waals surface area contributed by atoms with Crippen molar-refractivity contribution in [3.63, 3.8) is 0 Å². The van der Waals surface area contributed by atoms with Crippen LogP contribution in [0, 0.1) is 31.1 Å². The molecule has 28 heavy (non-hydrogen) atoms. The number of thiazole rings is 1. The average molecular weight is 397 g/mol. The Balaban J connectivity index is 1.58. The summed E-state index contributed by atoms with van der Waals surface area (Å²) in [6, 6.07) is 9.37. The van der Waals surface area contributed by atoms with Crippen LogP contribution in [0.4, 0.5) is 5.69 Å². The summed E-state index contributed by atoms with van der Waals surface area (Å²) in [6.45, 7) is 3.43. The van der Waals surface area contributed by atoms with Gasteiger partial charge in [0.15, 0.2) is 18.3 Å². The molecule has 3 rings (SSSR count). The van der Waals surface area contributed by atoms with Crippen LogP contribution in [0.25, 0.3) is 0 Å². The lowest BCUT2D eigenvalue weighted by atomic mass is 10.1. The molecule has 0 N–H and O–H groups in total. The number of carbonyl (C=O) groups is 3. The highest BCUT2D eigenvalue weighted by Gasteiger charge is 2.36. The number of ether oxygens (including phenoxy) is 1. The molecular weight excluding hydrogens is 378 g/mol. The molecular formula is C20H19N3O4S. The Kier molecular flexibility index (Phi) is 5.85. The molecule has 1 amide bonds. The van der Waals surface area contributed by atoms with Crippen molar-refractivity contribution < 1.29 is 19.1 Å². The summed E-state index contributed by atoms with van der Waals surface area (Å²) >= 11 is 1.22. The summed E-state index contributed by atoms with van der Waals surface area (Å²) in [5, 5.41) is 11.4.